The molecule has 0 aliphatic carbocycles. The molecule has 1 aliphatic rings. The van der Waals surface area contributed by atoms with Crippen LogP contribution >= 0.6 is 12.4 Å². The van der Waals surface area contributed by atoms with Crippen molar-refractivity contribution in [3.63, 3.8) is 0 Å². The van der Waals surface area contributed by atoms with Crippen LogP contribution in [0.2, 0.25) is 0 Å². The van der Waals surface area contributed by atoms with Gasteiger partial charge in [-0.1, -0.05) is 6.92 Å². The highest BCUT2D eigenvalue weighted by molar-refractivity contribution is 5.95. The summed E-state index contributed by atoms with van der Waals surface area (Å²) in [6.07, 6.45) is 1.17. The van der Waals surface area contributed by atoms with E-state index < -0.39 is 0 Å². The van der Waals surface area contributed by atoms with Crippen molar-refractivity contribution in [3.8, 4) is 11.5 Å². The minimum atomic E-state index is -0.184. The standard InChI is InChI=1S/C14H20N2O3.ClH/c1-4-14(19)16-8-10(15(2)3)5-9-6-12(17)13(18)7-11(9)16;/h6-7,10,17-18H,4-5,8H2,1-3H3;1H. The van der Waals surface area contributed by atoms with Crippen LogP contribution in [-0.4, -0.2) is 47.7 Å². The molecule has 1 heterocycles. The Kier molecular flexibility index (Phi) is 5.25. The predicted molar refractivity (Wildman–Crippen MR) is 80.8 cm³/mol. The van der Waals surface area contributed by atoms with Gasteiger partial charge in [-0.2, -0.15) is 0 Å². The highest BCUT2D eigenvalue weighted by atomic mass is 35.5. The molecule has 1 unspecified atom stereocenters. The molecule has 0 radical (unpaired) electrons. The third-order valence-corrected chi connectivity index (χ3v) is 3.65. The summed E-state index contributed by atoms with van der Waals surface area (Å²) < 4.78 is 0. The van der Waals surface area contributed by atoms with Crippen molar-refractivity contribution in [2.45, 2.75) is 25.8 Å². The number of hydrogen-bond donors (Lipinski definition) is 2. The van der Waals surface area contributed by atoms with Gasteiger partial charge in [0.05, 0.1) is 5.69 Å². The highest BCUT2D eigenvalue weighted by Gasteiger charge is 2.29. The number of aromatic hydroxyl groups is 2. The number of rotatable bonds is 2. The first-order valence-electron chi connectivity index (χ1n) is 6.45. The summed E-state index contributed by atoms with van der Waals surface area (Å²) in [6, 6.07) is 3.24. The van der Waals surface area contributed by atoms with Gasteiger partial charge in [0.15, 0.2) is 11.5 Å². The van der Waals surface area contributed by atoms with Gasteiger partial charge in [-0.05, 0) is 32.1 Å². The molecule has 112 valence electrons. The van der Waals surface area contributed by atoms with E-state index in [2.05, 4.69) is 4.90 Å². The minimum absolute atomic E-state index is 0. The lowest BCUT2D eigenvalue weighted by atomic mass is 9.96. The van der Waals surface area contributed by atoms with Gasteiger partial charge in [0, 0.05) is 25.1 Å². The Bertz CT molecular complexity index is 505. The number of phenols is 2. The van der Waals surface area contributed by atoms with Crippen molar-refractivity contribution in [2.75, 3.05) is 25.5 Å². The third kappa shape index (κ3) is 2.99. The summed E-state index contributed by atoms with van der Waals surface area (Å²) in [7, 11) is 3.95. The van der Waals surface area contributed by atoms with Crippen LogP contribution in [0.25, 0.3) is 0 Å². The maximum Gasteiger partial charge on any atom is 0.226 e. The number of halogens is 1. The van der Waals surface area contributed by atoms with Crippen LogP contribution in [0.3, 0.4) is 0 Å². The molecule has 6 heteroatoms. The molecule has 1 atom stereocenters. The Hall–Kier alpha value is -1.46. The van der Waals surface area contributed by atoms with Crippen molar-refractivity contribution >= 4 is 24.0 Å². The number of phenolic OH excluding ortho intramolecular Hbond substituents is 2. The lowest BCUT2D eigenvalue weighted by Crippen LogP contribution is -2.47. The first-order valence-corrected chi connectivity index (χ1v) is 6.45. The number of nitrogens with zero attached hydrogens (tertiary/aromatic N) is 2. The summed E-state index contributed by atoms with van der Waals surface area (Å²) >= 11 is 0. The maximum atomic E-state index is 12.1. The van der Waals surface area contributed by atoms with Gasteiger partial charge >= 0.3 is 0 Å². The molecule has 20 heavy (non-hydrogen) atoms. The van der Waals surface area contributed by atoms with E-state index in [0.29, 0.717) is 18.7 Å². The van der Waals surface area contributed by atoms with Gasteiger partial charge in [-0.15, -0.1) is 12.4 Å². The van der Waals surface area contributed by atoms with Crippen molar-refractivity contribution in [3.05, 3.63) is 17.7 Å². The topological polar surface area (TPSA) is 64.0 Å². The van der Waals surface area contributed by atoms with Crippen LogP contribution in [0.5, 0.6) is 11.5 Å². The molecule has 2 N–H and O–H groups in total. The average molecular weight is 301 g/mol. The molecule has 0 spiro atoms. The van der Waals surface area contributed by atoms with Crippen LogP contribution < -0.4 is 4.90 Å². The van der Waals surface area contributed by atoms with Crippen LogP contribution in [0.4, 0.5) is 5.69 Å². The molecule has 0 fully saturated rings. The molecule has 0 aromatic heterocycles. The fraction of sp³-hybridized carbons (Fsp3) is 0.500. The zero-order valence-corrected chi connectivity index (χ0v) is 12.8. The van der Waals surface area contributed by atoms with Crippen LogP contribution in [-0.2, 0) is 11.2 Å². The Morgan fingerprint density at radius 1 is 1.35 bits per heavy atom. The van der Waals surface area contributed by atoms with E-state index in [1.807, 2.05) is 21.0 Å². The Balaban J connectivity index is 0.00000200. The monoisotopic (exact) mass is 300 g/mol. The number of hydrogen-bond acceptors (Lipinski definition) is 4. The molecule has 1 amide bonds. The van der Waals surface area contributed by atoms with Crippen LogP contribution in [0.1, 0.15) is 18.9 Å². The van der Waals surface area contributed by atoms with E-state index in [-0.39, 0.29) is 35.9 Å². The van der Waals surface area contributed by atoms with Gasteiger partial charge in [-0.25, -0.2) is 0 Å². The van der Waals surface area contributed by atoms with E-state index in [0.717, 1.165) is 12.0 Å². The SMILES string of the molecule is CCC(=O)N1CC(N(C)C)Cc2cc(O)c(O)cc21.Cl. The Morgan fingerprint density at radius 3 is 2.50 bits per heavy atom. The fourth-order valence-corrected chi connectivity index (χ4v) is 2.42. The average Bonchev–Trinajstić information content (AvgIpc) is 2.38. The van der Waals surface area contributed by atoms with Crippen molar-refractivity contribution in [1.29, 1.82) is 0 Å². The van der Waals surface area contributed by atoms with Crippen molar-refractivity contribution < 1.29 is 15.0 Å². The first kappa shape index (κ1) is 16.6. The number of carbonyl (C=O) groups is 1. The normalized spacial score (nSPS) is 17.6. The molecule has 5 nitrogen and oxygen atoms in total. The second kappa shape index (κ2) is 6.33. The maximum absolute atomic E-state index is 12.1. The largest absolute Gasteiger partial charge is 0.504 e. The minimum Gasteiger partial charge on any atom is -0.504 e. The number of benzene rings is 1. The number of amides is 1. The van der Waals surface area contributed by atoms with Gasteiger partial charge < -0.3 is 20.0 Å². The molecular weight excluding hydrogens is 280 g/mol. The zero-order chi connectivity index (χ0) is 14.2. The summed E-state index contributed by atoms with van der Waals surface area (Å²) in [6.45, 7) is 2.43. The van der Waals surface area contributed by atoms with Crippen LogP contribution in [0.15, 0.2) is 12.1 Å². The Labute approximate surface area is 125 Å². The highest BCUT2D eigenvalue weighted by Crippen LogP contribution is 2.37. The number of anilines is 1. The second-order valence-electron chi connectivity index (χ2n) is 5.15. The Morgan fingerprint density at radius 2 is 1.95 bits per heavy atom. The molecule has 0 saturated heterocycles. The summed E-state index contributed by atoms with van der Waals surface area (Å²) in [5.74, 6) is -0.295. The fourth-order valence-electron chi connectivity index (χ4n) is 2.42. The van der Waals surface area contributed by atoms with Gasteiger partial charge in [-0.3, -0.25) is 4.79 Å². The molecule has 1 aliphatic heterocycles. The quantitative estimate of drug-likeness (QED) is 0.817. The smallest absolute Gasteiger partial charge is 0.226 e. The van der Waals surface area contributed by atoms with Gasteiger partial charge in [0.2, 0.25) is 5.91 Å². The molecule has 2 rings (SSSR count). The summed E-state index contributed by atoms with van der Waals surface area (Å²) in [5, 5.41) is 19.2. The van der Waals surface area contributed by atoms with E-state index in [4.69, 9.17) is 0 Å². The van der Waals surface area contributed by atoms with Crippen molar-refractivity contribution in [2.24, 2.45) is 0 Å². The lowest BCUT2D eigenvalue weighted by Gasteiger charge is -2.37. The van der Waals surface area contributed by atoms with Crippen LogP contribution in [0, 0.1) is 0 Å². The molecule has 1 aromatic rings. The van der Waals surface area contributed by atoms with E-state index in [9.17, 15) is 15.0 Å². The van der Waals surface area contributed by atoms with E-state index in [1.54, 1.807) is 11.0 Å². The van der Waals surface area contributed by atoms with Gasteiger partial charge in [0.1, 0.15) is 0 Å². The van der Waals surface area contributed by atoms with Crippen molar-refractivity contribution in [1.82, 2.24) is 4.90 Å². The molecule has 0 bridgehead atoms. The molecular formula is C14H21ClN2O3. The van der Waals surface area contributed by atoms with E-state index in [1.165, 1.54) is 6.07 Å². The van der Waals surface area contributed by atoms with Gasteiger partial charge in [0.25, 0.3) is 0 Å². The number of likely N-dealkylation sites (N-methyl/N-ethyl adjacent to an activating group) is 1. The number of fused-ring (bicyclic) bond motifs is 1. The third-order valence-electron chi connectivity index (χ3n) is 3.65. The summed E-state index contributed by atoms with van der Waals surface area (Å²) in [5.41, 5.74) is 1.60. The number of carbonyl (C=O) groups excluding carboxylic acids is 1. The predicted octanol–water partition coefficient (Wildman–Crippen LogP) is 1.75. The molecule has 1 aromatic carbocycles. The first-order chi connectivity index (χ1) is 8.93. The lowest BCUT2D eigenvalue weighted by molar-refractivity contribution is -0.118. The summed E-state index contributed by atoms with van der Waals surface area (Å²) in [4.78, 5) is 15.8. The molecule has 0 saturated carbocycles. The second-order valence-corrected chi connectivity index (χ2v) is 5.15. The van der Waals surface area contributed by atoms with E-state index >= 15 is 0 Å². The zero-order valence-electron chi connectivity index (χ0n) is 12.0.